The highest BCUT2D eigenvalue weighted by Gasteiger charge is 2.23. The van der Waals surface area contributed by atoms with Crippen molar-refractivity contribution >= 4 is 43.5 Å². The third kappa shape index (κ3) is 3.17. The van der Waals surface area contributed by atoms with Gasteiger partial charge in [-0.05, 0) is 53.4 Å². The van der Waals surface area contributed by atoms with Crippen molar-refractivity contribution < 1.29 is 0 Å². The maximum atomic E-state index is 6.31. The van der Waals surface area contributed by atoms with E-state index < -0.39 is 0 Å². The van der Waals surface area contributed by atoms with Crippen molar-refractivity contribution in [1.82, 2.24) is 9.97 Å². The largest absolute Gasteiger partial charge is 0.231 e. The number of nitrogens with zero attached hydrogens (tertiary/aromatic N) is 2. The molecule has 0 radical (unpaired) electrons. The Bertz CT molecular complexity index is 682. The molecule has 2 aromatic rings. The summed E-state index contributed by atoms with van der Waals surface area (Å²) in [6, 6.07) is 6.14. The summed E-state index contributed by atoms with van der Waals surface area (Å²) in [4.78, 5) is 9.24. The second-order valence-electron chi connectivity index (χ2n) is 5.48. The molecule has 1 heterocycles. The Morgan fingerprint density at radius 2 is 1.86 bits per heavy atom. The Morgan fingerprint density at radius 3 is 2.52 bits per heavy atom. The number of benzene rings is 1. The number of aromatic nitrogens is 2. The average molecular weight is 431 g/mol. The van der Waals surface area contributed by atoms with Gasteiger partial charge in [0, 0.05) is 16.0 Å². The molecule has 5 heteroatoms. The van der Waals surface area contributed by atoms with E-state index in [1.807, 2.05) is 12.1 Å². The third-order valence-corrected chi connectivity index (χ3v) is 6.17. The van der Waals surface area contributed by atoms with Crippen molar-refractivity contribution in [3.05, 3.63) is 43.6 Å². The molecular formula is C16H15Br2ClN2. The van der Waals surface area contributed by atoms with Gasteiger partial charge < -0.3 is 0 Å². The molecule has 1 aromatic carbocycles. The van der Waals surface area contributed by atoms with Crippen molar-refractivity contribution in [2.75, 3.05) is 0 Å². The SMILES string of the molecule is Cc1cc(-c2nc(Cl)c(Br)c(C3CCCC3)n2)ccc1Br. The van der Waals surface area contributed by atoms with Gasteiger partial charge in [0.1, 0.15) is 5.15 Å². The minimum atomic E-state index is 0.496. The highest BCUT2D eigenvalue weighted by molar-refractivity contribution is 9.10. The van der Waals surface area contributed by atoms with Gasteiger partial charge in [0.25, 0.3) is 0 Å². The van der Waals surface area contributed by atoms with Gasteiger partial charge >= 0.3 is 0 Å². The molecule has 2 nitrogen and oxygen atoms in total. The molecule has 0 amide bonds. The smallest absolute Gasteiger partial charge is 0.161 e. The summed E-state index contributed by atoms with van der Waals surface area (Å²) < 4.78 is 1.94. The molecule has 0 atom stereocenters. The minimum absolute atomic E-state index is 0.496. The molecule has 0 spiro atoms. The number of rotatable bonds is 2. The lowest BCUT2D eigenvalue weighted by Gasteiger charge is -2.13. The van der Waals surface area contributed by atoms with E-state index in [9.17, 15) is 0 Å². The second-order valence-corrected chi connectivity index (χ2v) is 7.49. The van der Waals surface area contributed by atoms with Gasteiger partial charge in [-0.15, -0.1) is 0 Å². The van der Waals surface area contributed by atoms with E-state index in [0.717, 1.165) is 25.8 Å². The zero-order chi connectivity index (χ0) is 15.0. The van der Waals surface area contributed by atoms with Gasteiger partial charge in [-0.3, -0.25) is 0 Å². The van der Waals surface area contributed by atoms with Crippen molar-refractivity contribution in [1.29, 1.82) is 0 Å². The number of hydrogen-bond donors (Lipinski definition) is 0. The molecule has 3 rings (SSSR count). The van der Waals surface area contributed by atoms with Crippen LogP contribution in [0, 0.1) is 6.92 Å². The summed E-state index contributed by atoms with van der Waals surface area (Å²) in [6.45, 7) is 2.06. The standard InChI is InChI=1S/C16H15Br2ClN2/c1-9-8-11(6-7-12(9)17)16-20-14(10-4-2-3-5-10)13(18)15(19)21-16/h6-8,10H,2-5H2,1H3. The van der Waals surface area contributed by atoms with Crippen molar-refractivity contribution in [2.24, 2.45) is 0 Å². The molecule has 21 heavy (non-hydrogen) atoms. The summed E-state index contributed by atoms with van der Waals surface area (Å²) in [6.07, 6.45) is 4.91. The Morgan fingerprint density at radius 1 is 1.14 bits per heavy atom. The van der Waals surface area contributed by atoms with Crippen molar-refractivity contribution in [3.8, 4) is 11.4 Å². The zero-order valence-electron chi connectivity index (χ0n) is 11.7. The Balaban J connectivity index is 2.08. The molecule has 1 aromatic heterocycles. The number of halogens is 3. The van der Waals surface area contributed by atoms with Crippen LogP contribution >= 0.6 is 43.5 Å². The first-order chi connectivity index (χ1) is 10.1. The van der Waals surface area contributed by atoms with Crippen LogP contribution in [0.1, 0.15) is 42.9 Å². The van der Waals surface area contributed by atoms with Gasteiger partial charge in [0.2, 0.25) is 0 Å². The summed E-state index contributed by atoms with van der Waals surface area (Å²) >= 11 is 13.4. The lowest BCUT2D eigenvalue weighted by atomic mass is 10.0. The molecular weight excluding hydrogens is 415 g/mol. The molecule has 0 bridgehead atoms. The van der Waals surface area contributed by atoms with Crippen LogP contribution in [0.25, 0.3) is 11.4 Å². The molecule has 0 unspecified atom stereocenters. The van der Waals surface area contributed by atoms with Gasteiger partial charge in [0.15, 0.2) is 5.82 Å². The maximum absolute atomic E-state index is 6.31. The number of aryl methyl sites for hydroxylation is 1. The normalized spacial score (nSPS) is 15.6. The van der Waals surface area contributed by atoms with E-state index in [0.29, 0.717) is 16.9 Å². The molecule has 110 valence electrons. The Kier molecular flexibility index (Phi) is 4.67. The molecule has 0 saturated heterocycles. The lowest BCUT2D eigenvalue weighted by Crippen LogP contribution is -2.03. The number of hydrogen-bond acceptors (Lipinski definition) is 2. The van der Waals surface area contributed by atoms with Crippen LogP contribution in [-0.4, -0.2) is 9.97 Å². The molecule has 1 fully saturated rings. The van der Waals surface area contributed by atoms with E-state index in [-0.39, 0.29) is 0 Å². The van der Waals surface area contributed by atoms with Gasteiger partial charge in [-0.1, -0.05) is 46.4 Å². The molecule has 0 aliphatic heterocycles. The van der Waals surface area contributed by atoms with Crippen LogP contribution < -0.4 is 0 Å². The first kappa shape index (κ1) is 15.4. The molecule has 1 aliphatic rings. The van der Waals surface area contributed by atoms with Crippen LogP contribution in [-0.2, 0) is 0 Å². The van der Waals surface area contributed by atoms with E-state index in [1.165, 1.54) is 25.7 Å². The van der Waals surface area contributed by atoms with Gasteiger partial charge in [-0.2, -0.15) is 0 Å². The van der Waals surface area contributed by atoms with Gasteiger partial charge in [-0.25, -0.2) is 9.97 Å². The maximum Gasteiger partial charge on any atom is 0.161 e. The highest BCUT2D eigenvalue weighted by Crippen LogP contribution is 2.39. The lowest BCUT2D eigenvalue weighted by molar-refractivity contribution is 0.691. The molecule has 1 saturated carbocycles. The monoisotopic (exact) mass is 428 g/mol. The first-order valence-corrected chi connectivity index (χ1v) is 9.02. The van der Waals surface area contributed by atoms with Crippen molar-refractivity contribution in [3.63, 3.8) is 0 Å². The summed E-state index contributed by atoms with van der Waals surface area (Å²) in [5, 5.41) is 0.502. The van der Waals surface area contributed by atoms with E-state index in [1.54, 1.807) is 0 Å². The summed E-state index contributed by atoms with van der Waals surface area (Å²) in [7, 11) is 0. The Hall–Kier alpha value is -0.450. The second kappa shape index (κ2) is 6.35. The van der Waals surface area contributed by atoms with E-state index >= 15 is 0 Å². The van der Waals surface area contributed by atoms with Crippen LogP contribution in [0.15, 0.2) is 27.1 Å². The fourth-order valence-corrected chi connectivity index (χ4v) is 3.74. The topological polar surface area (TPSA) is 25.8 Å². The van der Waals surface area contributed by atoms with Crippen LogP contribution in [0.5, 0.6) is 0 Å². The average Bonchev–Trinajstić information content (AvgIpc) is 2.98. The van der Waals surface area contributed by atoms with Crippen LogP contribution in [0.2, 0.25) is 5.15 Å². The predicted octanol–water partition coefficient (Wildman–Crippen LogP) is 6.29. The van der Waals surface area contributed by atoms with Crippen LogP contribution in [0.3, 0.4) is 0 Å². The predicted molar refractivity (Wildman–Crippen MR) is 93.8 cm³/mol. The minimum Gasteiger partial charge on any atom is -0.231 e. The quantitative estimate of drug-likeness (QED) is 0.524. The summed E-state index contributed by atoms with van der Waals surface area (Å²) in [5.74, 6) is 1.20. The summed E-state index contributed by atoms with van der Waals surface area (Å²) in [5.41, 5.74) is 3.23. The zero-order valence-corrected chi connectivity index (χ0v) is 15.6. The fraction of sp³-hybridized carbons (Fsp3) is 0.375. The van der Waals surface area contributed by atoms with Crippen LogP contribution in [0.4, 0.5) is 0 Å². The molecule has 0 N–H and O–H groups in total. The van der Waals surface area contributed by atoms with E-state index in [4.69, 9.17) is 16.6 Å². The van der Waals surface area contributed by atoms with E-state index in [2.05, 4.69) is 49.8 Å². The highest BCUT2D eigenvalue weighted by atomic mass is 79.9. The molecule has 1 aliphatic carbocycles. The third-order valence-electron chi connectivity index (χ3n) is 3.99. The first-order valence-electron chi connectivity index (χ1n) is 7.05. The fourth-order valence-electron chi connectivity index (χ4n) is 2.82. The van der Waals surface area contributed by atoms with Gasteiger partial charge in [0.05, 0.1) is 10.2 Å². The van der Waals surface area contributed by atoms with Crippen molar-refractivity contribution in [2.45, 2.75) is 38.5 Å². The Labute approximate surface area is 146 Å².